The third kappa shape index (κ3) is 7.01. The zero-order valence-corrected chi connectivity index (χ0v) is 22.8. The SMILES string of the molecule is CC.CC(NC(=O)c1ccc2c(Oc3ccc(C(F)(F)P)cc3)cccc2c1)c1cc(N(C)C)ccn1. The first kappa shape index (κ1) is 28.0. The number of fused-ring (bicyclic) bond motifs is 1. The van der Waals surface area contributed by atoms with E-state index in [4.69, 9.17) is 4.74 Å². The fourth-order valence-electron chi connectivity index (χ4n) is 3.66. The van der Waals surface area contributed by atoms with Crippen molar-refractivity contribution in [3.05, 3.63) is 95.8 Å². The molecule has 0 aliphatic carbocycles. The number of nitrogens with one attached hydrogen (secondary N) is 1. The van der Waals surface area contributed by atoms with Crippen LogP contribution in [0.25, 0.3) is 10.8 Å². The Bertz CT molecular complexity index is 1360. The number of anilines is 1. The minimum atomic E-state index is -2.99. The van der Waals surface area contributed by atoms with E-state index in [-0.39, 0.29) is 17.5 Å². The van der Waals surface area contributed by atoms with E-state index in [1.165, 1.54) is 33.5 Å². The number of benzene rings is 3. The molecule has 0 saturated heterocycles. The Labute approximate surface area is 219 Å². The van der Waals surface area contributed by atoms with Crippen LogP contribution in [-0.2, 0) is 5.66 Å². The van der Waals surface area contributed by atoms with E-state index in [0.717, 1.165) is 22.2 Å². The molecule has 8 heteroatoms. The molecule has 0 saturated carbocycles. The van der Waals surface area contributed by atoms with Crippen LogP contribution < -0.4 is 15.0 Å². The molecule has 0 aliphatic heterocycles. The summed E-state index contributed by atoms with van der Waals surface area (Å²) >= 11 is 0. The van der Waals surface area contributed by atoms with Gasteiger partial charge in [0.15, 0.2) is 0 Å². The van der Waals surface area contributed by atoms with Gasteiger partial charge in [0.2, 0.25) is 0 Å². The quantitative estimate of drug-likeness (QED) is 0.254. The number of hydrogen-bond donors (Lipinski definition) is 1. The molecule has 1 amide bonds. The van der Waals surface area contributed by atoms with Gasteiger partial charge in [-0.2, -0.15) is 8.78 Å². The largest absolute Gasteiger partial charge is 0.457 e. The minimum Gasteiger partial charge on any atom is -0.457 e. The third-order valence-electron chi connectivity index (χ3n) is 5.64. The van der Waals surface area contributed by atoms with Crippen LogP contribution in [-0.4, -0.2) is 25.0 Å². The molecule has 4 aromatic rings. The predicted molar refractivity (Wildman–Crippen MR) is 150 cm³/mol. The molecule has 5 nitrogen and oxygen atoms in total. The summed E-state index contributed by atoms with van der Waals surface area (Å²) in [6.07, 6.45) is 1.73. The highest BCUT2D eigenvalue weighted by Crippen LogP contribution is 2.36. The van der Waals surface area contributed by atoms with Crippen molar-refractivity contribution >= 4 is 31.6 Å². The van der Waals surface area contributed by atoms with Gasteiger partial charge in [0.25, 0.3) is 11.6 Å². The van der Waals surface area contributed by atoms with Crippen molar-refractivity contribution in [2.24, 2.45) is 0 Å². The zero-order chi connectivity index (χ0) is 27.2. The van der Waals surface area contributed by atoms with Crippen LogP contribution in [0.4, 0.5) is 14.5 Å². The van der Waals surface area contributed by atoms with Gasteiger partial charge in [-0.05, 0) is 73.0 Å². The van der Waals surface area contributed by atoms with E-state index < -0.39 is 5.66 Å². The highest BCUT2D eigenvalue weighted by molar-refractivity contribution is 7.17. The molecule has 0 fully saturated rings. The number of hydrogen-bond acceptors (Lipinski definition) is 4. The minimum absolute atomic E-state index is 0.110. The summed E-state index contributed by atoms with van der Waals surface area (Å²) in [4.78, 5) is 19.3. The summed E-state index contributed by atoms with van der Waals surface area (Å²) in [6.45, 7) is 5.89. The highest BCUT2D eigenvalue weighted by atomic mass is 31.0. The predicted octanol–water partition coefficient (Wildman–Crippen LogP) is 7.53. The first-order chi connectivity index (χ1) is 17.6. The van der Waals surface area contributed by atoms with E-state index in [2.05, 4.69) is 10.3 Å². The summed E-state index contributed by atoms with van der Waals surface area (Å²) in [5.41, 5.74) is -0.811. The second-order valence-electron chi connectivity index (χ2n) is 8.47. The van der Waals surface area contributed by atoms with E-state index in [1.54, 1.807) is 24.4 Å². The summed E-state index contributed by atoms with van der Waals surface area (Å²) < 4.78 is 32.8. The number of aromatic nitrogens is 1. The van der Waals surface area contributed by atoms with Crippen LogP contribution in [0.5, 0.6) is 11.5 Å². The number of pyridine rings is 1. The maximum atomic E-state index is 13.4. The zero-order valence-electron chi connectivity index (χ0n) is 21.6. The summed E-state index contributed by atoms with van der Waals surface area (Å²) in [7, 11) is 5.43. The van der Waals surface area contributed by atoms with Gasteiger partial charge in [-0.3, -0.25) is 9.78 Å². The van der Waals surface area contributed by atoms with Gasteiger partial charge in [-0.25, -0.2) is 0 Å². The van der Waals surface area contributed by atoms with Gasteiger partial charge in [0.1, 0.15) is 11.5 Å². The molecule has 3 aromatic carbocycles. The number of ether oxygens (including phenoxy) is 1. The Hall–Kier alpha value is -3.57. The summed E-state index contributed by atoms with van der Waals surface area (Å²) in [5, 5.41) is 4.63. The lowest BCUT2D eigenvalue weighted by molar-refractivity contribution is 0.0938. The van der Waals surface area contributed by atoms with E-state index in [9.17, 15) is 13.6 Å². The molecular formula is C29H32F2N3O2P. The molecule has 0 bridgehead atoms. The summed E-state index contributed by atoms with van der Waals surface area (Å²) in [5.74, 6) is 0.799. The Morgan fingerprint density at radius 3 is 2.38 bits per heavy atom. The van der Waals surface area contributed by atoms with E-state index >= 15 is 0 Å². The molecule has 2 atom stereocenters. The Morgan fingerprint density at radius 1 is 1.03 bits per heavy atom. The van der Waals surface area contributed by atoms with Gasteiger partial charge >= 0.3 is 0 Å². The van der Waals surface area contributed by atoms with Crippen LogP contribution >= 0.6 is 9.24 Å². The van der Waals surface area contributed by atoms with Gasteiger partial charge in [-0.1, -0.05) is 35.2 Å². The maximum absolute atomic E-state index is 13.4. The number of halogens is 2. The topological polar surface area (TPSA) is 54.5 Å². The fraction of sp³-hybridized carbons (Fsp3) is 0.241. The average molecular weight is 524 g/mol. The Kier molecular flexibility index (Phi) is 9.17. The molecule has 0 aliphatic rings. The molecule has 0 spiro atoms. The molecule has 37 heavy (non-hydrogen) atoms. The number of carbonyl (C=O) groups is 1. The molecule has 1 heterocycles. The molecule has 194 valence electrons. The van der Waals surface area contributed by atoms with E-state index in [0.29, 0.717) is 17.1 Å². The van der Waals surface area contributed by atoms with Gasteiger partial charge in [-0.15, -0.1) is 0 Å². The molecule has 2 unspecified atom stereocenters. The lowest BCUT2D eigenvalue weighted by Gasteiger charge is -2.17. The molecule has 1 aromatic heterocycles. The maximum Gasteiger partial charge on any atom is 0.283 e. The van der Waals surface area contributed by atoms with Crippen molar-refractivity contribution in [3.63, 3.8) is 0 Å². The van der Waals surface area contributed by atoms with Crippen molar-refractivity contribution in [2.45, 2.75) is 32.5 Å². The van der Waals surface area contributed by atoms with Crippen molar-refractivity contribution in [2.75, 3.05) is 19.0 Å². The number of alkyl halides is 2. The molecule has 4 rings (SSSR count). The van der Waals surface area contributed by atoms with Crippen LogP contribution in [0.3, 0.4) is 0 Å². The molecule has 0 radical (unpaired) electrons. The van der Waals surface area contributed by atoms with Crippen LogP contribution in [0.2, 0.25) is 0 Å². The van der Waals surface area contributed by atoms with E-state index in [1.807, 2.05) is 70.1 Å². The smallest absolute Gasteiger partial charge is 0.283 e. The van der Waals surface area contributed by atoms with Gasteiger partial charge < -0.3 is 15.0 Å². The van der Waals surface area contributed by atoms with Gasteiger partial charge in [0.05, 0.1) is 11.7 Å². The Morgan fingerprint density at radius 2 is 1.73 bits per heavy atom. The molecular weight excluding hydrogens is 491 g/mol. The number of carbonyl (C=O) groups excluding carboxylic acids is 1. The van der Waals surface area contributed by atoms with Crippen LogP contribution in [0.15, 0.2) is 79.0 Å². The number of nitrogens with zero attached hydrogens (tertiary/aromatic N) is 2. The molecule has 1 N–H and O–H groups in total. The first-order valence-electron chi connectivity index (χ1n) is 12.0. The highest BCUT2D eigenvalue weighted by Gasteiger charge is 2.24. The van der Waals surface area contributed by atoms with Crippen molar-refractivity contribution < 1.29 is 18.3 Å². The first-order valence-corrected chi connectivity index (χ1v) is 12.6. The van der Waals surface area contributed by atoms with Crippen molar-refractivity contribution in [3.8, 4) is 11.5 Å². The van der Waals surface area contributed by atoms with Crippen LogP contribution in [0.1, 0.15) is 48.4 Å². The monoisotopic (exact) mass is 523 g/mol. The standard InChI is InChI=1S/C27H26F2N3O2P.C2H6/c1-17(24-16-21(32(2)3)13-14-30-24)31-26(33)19-7-12-23-18(15-19)5-4-6-25(23)34-22-10-8-20(9-11-22)27(28,29)35;1-2/h4-17H,35H2,1-3H3,(H,31,33);1-2H3. The summed E-state index contributed by atoms with van der Waals surface area (Å²) in [6, 6.07) is 20.1. The normalized spacial score (nSPS) is 11.8. The van der Waals surface area contributed by atoms with Crippen LogP contribution in [0, 0.1) is 0 Å². The average Bonchev–Trinajstić information content (AvgIpc) is 2.89. The van der Waals surface area contributed by atoms with Gasteiger partial charge in [0, 0.05) is 42.5 Å². The Balaban J connectivity index is 0.00000186. The number of rotatable bonds is 7. The fourth-order valence-corrected chi connectivity index (χ4v) is 3.85. The second-order valence-corrected chi connectivity index (χ2v) is 9.20. The van der Waals surface area contributed by atoms with Crippen molar-refractivity contribution in [1.82, 2.24) is 10.3 Å². The number of amides is 1. The van der Waals surface area contributed by atoms with Crippen molar-refractivity contribution in [1.29, 1.82) is 0 Å². The lowest BCUT2D eigenvalue weighted by Crippen LogP contribution is -2.27. The second kappa shape index (κ2) is 12.1. The lowest BCUT2D eigenvalue weighted by atomic mass is 10.1. The third-order valence-corrected chi connectivity index (χ3v) is 5.98.